The third-order valence-corrected chi connectivity index (χ3v) is 5.33. The average Bonchev–Trinajstić information content (AvgIpc) is 2.87. The second-order valence-electron chi connectivity index (χ2n) is 7.25. The van der Waals surface area contributed by atoms with Gasteiger partial charge in [-0.05, 0) is 53.6 Å². The molecule has 3 aromatic rings. The SMILES string of the molecule is COc1ccc(/C=C/c2cc(OC)c(OC)c(OC)c2)c(NC(=O)/C=C/c2ccc(Cl)cc2)c1O. The van der Waals surface area contributed by atoms with Crippen LogP contribution in [-0.2, 0) is 4.79 Å². The molecule has 0 saturated heterocycles. The zero-order valence-corrected chi connectivity index (χ0v) is 20.6. The molecule has 2 N–H and O–H groups in total. The molecule has 8 heteroatoms. The molecule has 0 bridgehead atoms. The van der Waals surface area contributed by atoms with Crippen molar-refractivity contribution in [1.29, 1.82) is 0 Å². The van der Waals surface area contributed by atoms with Crippen molar-refractivity contribution >= 4 is 41.4 Å². The molecule has 0 heterocycles. The summed E-state index contributed by atoms with van der Waals surface area (Å²) < 4.78 is 21.4. The molecule has 3 rings (SSSR count). The Morgan fingerprint density at radius 2 is 1.43 bits per heavy atom. The topological polar surface area (TPSA) is 86.3 Å². The normalized spacial score (nSPS) is 11.0. The summed E-state index contributed by atoms with van der Waals surface area (Å²) in [7, 11) is 6.05. The van der Waals surface area contributed by atoms with Crippen molar-refractivity contribution in [3.63, 3.8) is 0 Å². The van der Waals surface area contributed by atoms with Gasteiger partial charge in [-0.3, -0.25) is 4.79 Å². The Kier molecular flexibility index (Phi) is 8.64. The van der Waals surface area contributed by atoms with Crippen molar-refractivity contribution in [1.82, 2.24) is 0 Å². The second kappa shape index (κ2) is 11.9. The number of benzene rings is 3. The fraction of sp³-hybridized carbons (Fsp3) is 0.148. The summed E-state index contributed by atoms with van der Waals surface area (Å²) in [6.45, 7) is 0. The van der Waals surface area contributed by atoms with Crippen LogP contribution in [0.25, 0.3) is 18.2 Å². The van der Waals surface area contributed by atoms with E-state index in [0.29, 0.717) is 27.8 Å². The fourth-order valence-corrected chi connectivity index (χ4v) is 3.44. The van der Waals surface area contributed by atoms with Crippen LogP contribution in [0.4, 0.5) is 5.69 Å². The Morgan fingerprint density at radius 1 is 0.800 bits per heavy atom. The first-order valence-electron chi connectivity index (χ1n) is 10.5. The first-order valence-corrected chi connectivity index (χ1v) is 10.9. The van der Waals surface area contributed by atoms with Gasteiger partial charge in [0, 0.05) is 16.7 Å². The van der Waals surface area contributed by atoms with Crippen LogP contribution in [0.1, 0.15) is 16.7 Å². The number of carbonyl (C=O) groups is 1. The zero-order chi connectivity index (χ0) is 25.4. The Labute approximate surface area is 209 Å². The van der Waals surface area contributed by atoms with Crippen LogP contribution in [0.15, 0.2) is 54.6 Å². The number of halogens is 1. The van der Waals surface area contributed by atoms with Gasteiger partial charge in [-0.2, -0.15) is 0 Å². The molecule has 0 spiro atoms. The summed E-state index contributed by atoms with van der Waals surface area (Å²) >= 11 is 5.90. The first-order chi connectivity index (χ1) is 16.9. The number of phenolic OH excluding ortho intramolecular Hbond substituents is 1. The van der Waals surface area contributed by atoms with E-state index in [1.54, 1.807) is 66.8 Å². The van der Waals surface area contributed by atoms with Gasteiger partial charge in [0.25, 0.3) is 0 Å². The number of hydrogen-bond acceptors (Lipinski definition) is 6. The number of amides is 1. The number of ether oxygens (including phenoxy) is 4. The van der Waals surface area contributed by atoms with Gasteiger partial charge in [0.05, 0.1) is 34.1 Å². The molecule has 3 aromatic carbocycles. The van der Waals surface area contributed by atoms with E-state index in [0.717, 1.165) is 11.1 Å². The van der Waals surface area contributed by atoms with Crippen LogP contribution in [0.2, 0.25) is 5.02 Å². The van der Waals surface area contributed by atoms with E-state index in [-0.39, 0.29) is 17.2 Å². The van der Waals surface area contributed by atoms with Crippen molar-refractivity contribution in [3.8, 4) is 28.7 Å². The van der Waals surface area contributed by atoms with Gasteiger partial charge in [0.1, 0.15) is 0 Å². The Morgan fingerprint density at radius 3 is 2.00 bits per heavy atom. The lowest BCUT2D eigenvalue weighted by Gasteiger charge is -2.14. The quantitative estimate of drug-likeness (QED) is 0.218. The maximum absolute atomic E-state index is 12.6. The summed E-state index contributed by atoms with van der Waals surface area (Å²) in [5.41, 5.74) is 2.33. The molecule has 0 aliphatic carbocycles. The average molecular weight is 496 g/mol. The largest absolute Gasteiger partial charge is 0.503 e. The van der Waals surface area contributed by atoms with E-state index < -0.39 is 5.91 Å². The smallest absolute Gasteiger partial charge is 0.248 e. The number of aromatic hydroxyl groups is 1. The predicted molar refractivity (Wildman–Crippen MR) is 139 cm³/mol. The van der Waals surface area contributed by atoms with Gasteiger partial charge in [-0.15, -0.1) is 0 Å². The Balaban J connectivity index is 1.92. The van der Waals surface area contributed by atoms with Crippen molar-refractivity contribution in [3.05, 3.63) is 76.3 Å². The fourth-order valence-electron chi connectivity index (χ4n) is 3.32. The molecule has 0 radical (unpaired) electrons. The Bertz CT molecular complexity index is 1230. The molecule has 7 nitrogen and oxygen atoms in total. The molecule has 0 fully saturated rings. The van der Waals surface area contributed by atoms with E-state index in [2.05, 4.69) is 5.32 Å². The lowest BCUT2D eigenvalue weighted by Crippen LogP contribution is -2.09. The standard InChI is InChI=1S/C27H26ClNO6/c1-32-21-13-10-19(9-5-18-15-22(33-2)27(35-4)23(16-18)34-3)25(26(21)31)29-24(30)14-8-17-6-11-20(28)12-7-17/h5-16,31H,1-4H3,(H,29,30)/b9-5+,14-8+. The van der Waals surface area contributed by atoms with Crippen LogP contribution >= 0.6 is 11.6 Å². The van der Waals surface area contributed by atoms with Crippen LogP contribution in [-0.4, -0.2) is 39.5 Å². The highest BCUT2D eigenvalue weighted by Crippen LogP contribution is 2.40. The van der Waals surface area contributed by atoms with Crippen molar-refractivity contribution in [2.75, 3.05) is 33.8 Å². The summed E-state index contributed by atoms with van der Waals surface area (Å²) in [5.74, 6) is 1.11. The minimum atomic E-state index is -0.425. The monoisotopic (exact) mass is 495 g/mol. The highest BCUT2D eigenvalue weighted by molar-refractivity contribution is 6.30. The van der Waals surface area contributed by atoms with E-state index in [1.807, 2.05) is 0 Å². The molecule has 35 heavy (non-hydrogen) atoms. The van der Waals surface area contributed by atoms with Crippen LogP contribution in [0.3, 0.4) is 0 Å². The van der Waals surface area contributed by atoms with Crippen LogP contribution in [0.5, 0.6) is 28.7 Å². The lowest BCUT2D eigenvalue weighted by atomic mass is 10.1. The van der Waals surface area contributed by atoms with Crippen LogP contribution < -0.4 is 24.3 Å². The number of nitrogens with one attached hydrogen (secondary N) is 1. The number of rotatable bonds is 9. The van der Waals surface area contributed by atoms with Gasteiger partial charge < -0.3 is 29.4 Å². The molecule has 1 amide bonds. The zero-order valence-electron chi connectivity index (χ0n) is 19.8. The molecule has 0 aromatic heterocycles. The maximum Gasteiger partial charge on any atom is 0.248 e. The minimum absolute atomic E-state index is 0.187. The van der Waals surface area contributed by atoms with E-state index in [1.165, 1.54) is 34.5 Å². The molecule has 0 unspecified atom stereocenters. The molecule has 0 aliphatic heterocycles. The Hall–Kier alpha value is -4.10. The third kappa shape index (κ3) is 6.28. The first kappa shape index (κ1) is 25.5. The minimum Gasteiger partial charge on any atom is -0.503 e. The van der Waals surface area contributed by atoms with Gasteiger partial charge >= 0.3 is 0 Å². The number of methoxy groups -OCH3 is 4. The summed E-state index contributed by atoms with van der Waals surface area (Å²) in [5, 5.41) is 14.0. The molecule has 0 saturated carbocycles. The van der Waals surface area contributed by atoms with E-state index in [9.17, 15) is 9.90 Å². The summed E-state index contributed by atoms with van der Waals surface area (Å²) in [6, 6.07) is 14.0. The van der Waals surface area contributed by atoms with Gasteiger partial charge in [-0.25, -0.2) is 0 Å². The van der Waals surface area contributed by atoms with Crippen molar-refractivity contribution in [2.45, 2.75) is 0 Å². The molecular weight excluding hydrogens is 470 g/mol. The van der Waals surface area contributed by atoms with Gasteiger partial charge in [0.15, 0.2) is 23.0 Å². The molecule has 0 aliphatic rings. The number of phenols is 1. The highest BCUT2D eigenvalue weighted by Gasteiger charge is 2.15. The van der Waals surface area contributed by atoms with Gasteiger partial charge in [-0.1, -0.05) is 35.9 Å². The maximum atomic E-state index is 12.6. The molecular formula is C27H26ClNO6. The van der Waals surface area contributed by atoms with E-state index in [4.69, 9.17) is 30.5 Å². The van der Waals surface area contributed by atoms with Crippen molar-refractivity contribution < 1.29 is 28.8 Å². The van der Waals surface area contributed by atoms with E-state index >= 15 is 0 Å². The van der Waals surface area contributed by atoms with Gasteiger partial charge in [0.2, 0.25) is 11.7 Å². The molecule has 182 valence electrons. The number of anilines is 1. The van der Waals surface area contributed by atoms with Crippen molar-refractivity contribution in [2.24, 2.45) is 0 Å². The summed E-state index contributed by atoms with van der Waals surface area (Å²) in [4.78, 5) is 12.6. The second-order valence-corrected chi connectivity index (χ2v) is 7.68. The predicted octanol–water partition coefficient (Wildman–Crippen LogP) is 5.90. The molecule has 0 atom stereocenters. The lowest BCUT2D eigenvalue weighted by molar-refractivity contribution is -0.111. The number of carbonyl (C=O) groups excluding carboxylic acids is 1. The third-order valence-electron chi connectivity index (χ3n) is 5.08. The van der Waals surface area contributed by atoms with Crippen LogP contribution in [0, 0.1) is 0 Å². The number of hydrogen-bond donors (Lipinski definition) is 2. The highest BCUT2D eigenvalue weighted by atomic mass is 35.5. The summed E-state index contributed by atoms with van der Waals surface area (Å²) in [6.07, 6.45) is 6.56.